The molecule has 112 valence electrons. The molecule has 0 bridgehead atoms. The second-order valence-electron chi connectivity index (χ2n) is 3.67. The maximum Gasteiger partial charge on any atom is 0.314 e. The molecule has 0 amide bonds. The first kappa shape index (κ1) is 18.5. The van der Waals surface area contributed by atoms with Crippen LogP contribution in [-0.4, -0.2) is 28.1 Å². The summed E-state index contributed by atoms with van der Waals surface area (Å²) in [5.74, 6) is -0.498. The van der Waals surface area contributed by atoms with Gasteiger partial charge in [0, 0.05) is 6.42 Å². The molecular formula is C12H18NO6P. The first-order chi connectivity index (χ1) is 9.45. The molecule has 1 rings (SSSR count). The second-order valence-corrected chi connectivity index (χ2v) is 4.24. The van der Waals surface area contributed by atoms with E-state index in [2.05, 4.69) is 0 Å². The Labute approximate surface area is 117 Å². The van der Waals surface area contributed by atoms with Crippen LogP contribution in [0.25, 0.3) is 0 Å². The third-order valence-electron chi connectivity index (χ3n) is 2.08. The minimum Gasteiger partial charge on any atom is -0.461 e. The van der Waals surface area contributed by atoms with E-state index in [1.165, 1.54) is 0 Å². The van der Waals surface area contributed by atoms with Gasteiger partial charge in [0.05, 0.1) is 13.0 Å². The molecule has 1 aromatic rings. The Hall–Kier alpha value is -1.53. The molecule has 20 heavy (non-hydrogen) atoms. The number of carbonyl (C=O) groups is 2. The number of nitrogens with two attached hydrogens (primary N) is 1. The number of esters is 1. The van der Waals surface area contributed by atoms with Gasteiger partial charge in [0.15, 0.2) is 0 Å². The summed E-state index contributed by atoms with van der Waals surface area (Å²) >= 11 is 0. The Kier molecular flexibility index (Phi) is 10.4. The predicted octanol–water partition coefficient (Wildman–Crippen LogP) is 0.398. The van der Waals surface area contributed by atoms with Gasteiger partial charge in [-0.15, -0.1) is 0 Å². The number of rotatable bonds is 6. The standard InChI is InChI=1S/C12H15NO3.H3O3P/c13-8-11(14)6-7-12(15)16-9-10-4-2-1-3-5-10;1-4(2)3/h1-5H,6-9,13H2;4H,(H2,1,2,3). The van der Waals surface area contributed by atoms with Crippen molar-refractivity contribution in [1.82, 2.24) is 0 Å². The van der Waals surface area contributed by atoms with E-state index in [9.17, 15) is 9.59 Å². The van der Waals surface area contributed by atoms with Gasteiger partial charge in [-0.1, -0.05) is 30.3 Å². The van der Waals surface area contributed by atoms with Crippen LogP contribution in [0.2, 0.25) is 0 Å². The maximum atomic E-state index is 11.2. The largest absolute Gasteiger partial charge is 0.461 e. The van der Waals surface area contributed by atoms with E-state index in [0.717, 1.165) is 5.56 Å². The van der Waals surface area contributed by atoms with Crippen molar-refractivity contribution in [2.45, 2.75) is 19.4 Å². The van der Waals surface area contributed by atoms with Gasteiger partial charge >= 0.3 is 14.2 Å². The summed E-state index contributed by atoms with van der Waals surface area (Å²) in [5, 5.41) is 0. The van der Waals surface area contributed by atoms with Gasteiger partial charge < -0.3 is 20.3 Å². The van der Waals surface area contributed by atoms with Crippen LogP contribution in [0.5, 0.6) is 0 Å². The number of benzene rings is 1. The highest BCUT2D eigenvalue weighted by atomic mass is 31.1. The number of hydrogen-bond donors (Lipinski definition) is 3. The highest BCUT2D eigenvalue weighted by Gasteiger charge is 2.06. The number of ether oxygens (including phenoxy) is 1. The summed E-state index contributed by atoms with van der Waals surface area (Å²) in [7, 11) is -3.13. The smallest absolute Gasteiger partial charge is 0.314 e. The second kappa shape index (κ2) is 11.3. The van der Waals surface area contributed by atoms with E-state index < -0.39 is 8.25 Å². The zero-order chi connectivity index (χ0) is 15.4. The molecule has 0 unspecified atom stereocenters. The lowest BCUT2D eigenvalue weighted by Crippen LogP contribution is -2.15. The lowest BCUT2D eigenvalue weighted by molar-refractivity contribution is -0.146. The quantitative estimate of drug-likeness (QED) is 0.512. The van der Waals surface area contributed by atoms with Gasteiger partial charge in [-0.2, -0.15) is 0 Å². The summed E-state index contributed by atoms with van der Waals surface area (Å²) in [6.45, 7) is 0.225. The highest BCUT2D eigenvalue weighted by molar-refractivity contribution is 7.30. The third-order valence-corrected chi connectivity index (χ3v) is 2.08. The zero-order valence-corrected chi connectivity index (χ0v) is 11.8. The molecule has 0 atom stereocenters. The van der Waals surface area contributed by atoms with Crippen molar-refractivity contribution in [3.05, 3.63) is 35.9 Å². The molecule has 0 aliphatic carbocycles. The molecule has 0 aromatic heterocycles. The lowest BCUT2D eigenvalue weighted by Gasteiger charge is -2.04. The summed E-state index contributed by atoms with van der Waals surface area (Å²) in [5.41, 5.74) is 6.05. The fraction of sp³-hybridized carbons (Fsp3) is 0.333. The topological polar surface area (TPSA) is 127 Å². The van der Waals surface area contributed by atoms with Crippen molar-refractivity contribution in [3.8, 4) is 0 Å². The molecule has 0 saturated carbocycles. The van der Waals surface area contributed by atoms with Gasteiger partial charge in [-0.25, -0.2) is 0 Å². The Bertz CT molecular complexity index is 433. The van der Waals surface area contributed by atoms with Crippen molar-refractivity contribution < 1.29 is 28.7 Å². The monoisotopic (exact) mass is 303 g/mol. The van der Waals surface area contributed by atoms with Gasteiger partial charge in [0.25, 0.3) is 0 Å². The molecule has 0 radical (unpaired) electrons. The summed E-state index contributed by atoms with van der Waals surface area (Å²) in [6, 6.07) is 9.39. The van der Waals surface area contributed by atoms with Gasteiger partial charge in [0.1, 0.15) is 12.4 Å². The minimum absolute atomic E-state index is 0.0219. The van der Waals surface area contributed by atoms with Crippen LogP contribution < -0.4 is 5.73 Å². The highest BCUT2D eigenvalue weighted by Crippen LogP contribution is 2.02. The molecular weight excluding hydrogens is 285 g/mol. The first-order valence-corrected chi connectivity index (χ1v) is 7.09. The van der Waals surface area contributed by atoms with E-state index in [-0.39, 0.29) is 37.7 Å². The molecule has 7 nitrogen and oxygen atoms in total. The maximum absolute atomic E-state index is 11.2. The van der Waals surface area contributed by atoms with Crippen molar-refractivity contribution in [2.75, 3.05) is 6.54 Å². The van der Waals surface area contributed by atoms with Crippen LogP contribution in [0.4, 0.5) is 0 Å². The Morgan fingerprint density at radius 1 is 1.15 bits per heavy atom. The van der Waals surface area contributed by atoms with Crippen molar-refractivity contribution in [2.24, 2.45) is 5.73 Å². The fourth-order valence-corrected chi connectivity index (χ4v) is 1.15. The van der Waals surface area contributed by atoms with E-state index >= 15 is 0 Å². The van der Waals surface area contributed by atoms with E-state index in [1.54, 1.807) is 0 Å². The number of ketones is 1. The van der Waals surface area contributed by atoms with Gasteiger partial charge in [-0.05, 0) is 5.56 Å². The van der Waals surface area contributed by atoms with Crippen molar-refractivity contribution >= 4 is 20.0 Å². The first-order valence-electron chi connectivity index (χ1n) is 5.79. The average Bonchev–Trinajstić information content (AvgIpc) is 2.43. The molecule has 0 spiro atoms. The Morgan fingerprint density at radius 2 is 1.70 bits per heavy atom. The van der Waals surface area contributed by atoms with Crippen molar-refractivity contribution in [3.63, 3.8) is 0 Å². The molecule has 0 heterocycles. The summed E-state index contributed by atoms with van der Waals surface area (Å²) in [4.78, 5) is 36.4. The van der Waals surface area contributed by atoms with Crippen molar-refractivity contribution in [1.29, 1.82) is 0 Å². The molecule has 0 aliphatic heterocycles. The van der Waals surface area contributed by atoms with E-state index in [4.69, 9.17) is 24.8 Å². The molecule has 1 aromatic carbocycles. The number of carbonyl (C=O) groups excluding carboxylic acids is 2. The van der Waals surface area contributed by atoms with E-state index in [1.807, 2.05) is 30.3 Å². The van der Waals surface area contributed by atoms with Crippen LogP contribution in [0.3, 0.4) is 0 Å². The Balaban J connectivity index is 0.000000796. The lowest BCUT2D eigenvalue weighted by atomic mass is 10.2. The van der Waals surface area contributed by atoms with E-state index in [0.29, 0.717) is 0 Å². The van der Waals surface area contributed by atoms with Gasteiger partial charge in [-0.3, -0.25) is 14.2 Å². The predicted molar refractivity (Wildman–Crippen MR) is 73.0 cm³/mol. The number of hydrogen-bond acceptors (Lipinski definition) is 5. The average molecular weight is 303 g/mol. The van der Waals surface area contributed by atoms with Crippen LogP contribution in [0.15, 0.2) is 30.3 Å². The van der Waals surface area contributed by atoms with Crippen LogP contribution in [0, 0.1) is 0 Å². The molecule has 0 fully saturated rings. The fourth-order valence-electron chi connectivity index (χ4n) is 1.15. The SMILES string of the molecule is NCC(=O)CCC(=O)OCc1ccccc1.O=[PH](O)O. The zero-order valence-electron chi connectivity index (χ0n) is 10.8. The van der Waals surface area contributed by atoms with Crippen LogP contribution in [-0.2, 0) is 25.5 Å². The normalized spacial score (nSPS) is 9.60. The Morgan fingerprint density at radius 3 is 2.20 bits per heavy atom. The molecule has 8 heteroatoms. The van der Waals surface area contributed by atoms with Crippen LogP contribution >= 0.6 is 8.25 Å². The summed E-state index contributed by atoms with van der Waals surface area (Å²) < 4.78 is 13.7. The summed E-state index contributed by atoms with van der Waals surface area (Å²) in [6.07, 6.45) is 0.257. The third kappa shape index (κ3) is 11.6. The molecule has 4 N–H and O–H groups in total. The minimum atomic E-state index is -3.13. The van der Waals surface area contributed by atoms with Gasteiger partial charge in [0.2, 0.25) is 0 Å². The number of Topliss-reactive ketones (excluding diaryl/α,β-unsaturated/α-hetero) is 1. The molecule has 0 saturated heterocycles. The van der Waals surface area contributed by atoms with Crippen LogP contribution in [0.1, 0.15) is 18.4 Å². The molecule has 0 aliphatic rings.